The highest BCUT2D eigenvalue weighted by Crippen LogP contribution is 2.27. The lowest BCUT2D eigenvalue weighted by Gasteiger charge is -2.14. The molecule has 0 bridgehead atoms. The van der Waals surface area contributed by atoms with Crippen molar-refractivity contribution in [2.24, 2.45) is 5.73 Å². The van der Waals surface area contributed by atoms with E-state index in [1.165, 1.54) is 12.1 Å². The topological polar surface area (TPSA) is 35.2 Å². The van der Waals surface area contributed by atoms with Gasteiger partial charge in [-0.3, -0.25) is 0 Å². The van der Waals surface area contributed by atoms with Crippen molar-refractivity contribution in [2.75, 3.05) is 0 Å². The summed E-state index contributed by atoms with van der Waals surface area (Å²) in [4.78, 5) is 0. The van der Waals surface area contributed by atoms with E-state index < -0.39 is 0 Å². The minimum Gasteiger partial charge on any atom is -0.489 e. The number of benzene rings is 2. The molecule has 1 unspecified atom stereocenters. The number of nitrogens with two attached hydrogens (primary N) is 1. The highest BCUT2D eigenvalue weighted by atomic mass is 35.5. The first-order chi connectivity index (χ1) is 9.06. The van der Waals surface area contributed by atoms with Gasteiger partial charge in [-0.05, 0) is 42.8 Å². The Hall–Kier alpha value is -1.58. The Kier molecular flexibility index (Phi) is 4.40. The molecule has 19 heavy (non-hydrogen) atoms. The summed E-state index contributed by atoms with van der Waals surface area (Å²) in [6.45, 7) is 2.15. The van der Waals surface area contributed by atoms with Crippen LogP contribution >= 0.6 is 11.6 Å². The maximum absolute atomic E-state index is 13.1. The van der Waals surface area contributed by atoms with Crippen molar-refractivity contribution in [3.63, 3.8) is 0 Å². The van der Waals surface area contributed by atoms with Gasteiger partial charge in [0.15, 0.2) is 0 Å². The highest BCUT2D eigenvalue weighted by Gasteiger charge is 2.09. The fraction of sp³-hybridized carbons (Fsp3) is 0.200. The van der Waals surface area contributed by atoms with Crippen LogP contribution in [0, 0.1) is 5.82 Å². The normalized spacial score (nSPS) is 12.2. The van der Waals surface area contributed by atoms with Crippen LogP contribution in [0.3, 0.4) is 0 Å². The van der Waals surface area contributed by atoms with Crippen LogP contribution < -0.4 is 10.5 Å². The van der Waals surface area contributed by atoms with E-state index in [9.17, 15) is 4.39 Å². The first-order valence-electron chi connectivity index (χ1n) is 5.98. The van der Waals surface area contributed by atoms with Crippen LogP contribution in [-0.4, -0.2) is 0 Å². The maximum Gasteiger partial charge on any atom is 0.124 e. The van der Waals surface area contributed by atoms with Crippen molar-refractivity contribution in [1.82, 2.24) is 0 Å². The Labute approximate surface area is 117 Å². The van der Waals surface area contributed by atoms with Gasteiger partial charge in [-0.15, -0.1) is 0 Å². The Morgan fingerprint density at radius 1 is 1.26 bits per heavy atom. The Bertz CT molecular complexity index is 572. The zero-order chi connectivity index (χ0) is 13.8. The molecule has 0 aromatic heterocycles. The van der Waals surface area contributed by atoms with Gasteiger partial charge in [0.05, 0.1) is 0 Å². The molecule has 0 aliphatic rings. The van der Waals surface area contributed by atoms with Crippen molar-refractivity contribution in [3.05, 3.63) is 64.4 Å². The molecule has 0 saturated heterocycles. The smallest absolute Gasteiger partial charge is 0.124 e. The quantitative estimate of drug-likeness (QED) is 0.915. The van der Waals surface area contributed by atoms with E-state index in [2.05, 4.69) is 0 Å². The van der Waals surface area contributed by atoms with Crippen LogP contribution in [0.4, 0.5) is 4.39 Å². The van der Waals surface area contributed by atoms with Gasteiger partial charge in [0.1, 0.15) is 18.2 Å². The predicted octanol–water partition coefficient (Wildman–Crippen LogP) is 4.08. The third kappa shape index (κ3) is 3.69. The van der Waals surface area contributed by atoms with E-state index >= 15 is 0 Å². The van der Waals surface area contributed by atoms with Crippen molar-refractivity contribution in [2.45, 2.75) is 19.6 Å². The standard InChI is InChI=1S/C15H15ClFNO/c1-10(18)14-8-12(16)5-6-15(14)19-9-11-3-2-4-13(17)7-11/h2-8,10H,9,18H2,1H3. The van der Waals surface area contributed by atoms with Crippen LogP contribution in [0.25, 0.3) is 0 Å². The molecule has 100 valence electrons. The average Bonchev–Trinajstić information content (AvgIpc) is 2.37. The number of hydrogen-bond donors (Lipinski definition) is 1. The summed E-state index contributed by atoms with van der Waals surface area (Å²) in [5.41, 5.74) is 7.48. The Morgan fingerprint density at radius 3 is 2.74 bits per heavy atom. The largest absolute Gasteiger partial charge is 0.489 e. The minimum absolute atomic E-state index is 0.179. The van der Waals surface area contributed by atoms with E-state index in [4.69, 9.17) is 22.1 Å². The Balaban J connectivity index is 2.15. The van der Waals surface area contributed by atoms with Crippen molar-refractivity contribution in [3.8, 4) is 5.75 Å². The maximum atomic E-state index is 13.1. The van der Waals surface area contributed by atoms with Crippen LogP contribution in [0.15, 0.2) is 42.5 Å². The van der Waals surface area contributed by atoms with Gasteiger partial charge in [0.2, 0.25) is 0 Å². The zero-order valence-electron chi connectivity index (χ0n) is 10.6. The second kappa shape index (κ2) is 6.04. The molecule has 4 heteroatoms. The van der Waals surface area contributed by atoms with Crippen LogP contribution in [0.2, 0.25) is 5.02 Å². The van der Waals surface area contributed by atoms with Gasteiger partial charge >= 0.3 is 0 Å². The van der Waals surface area contributed by atoms with Crippen molar-refractivity contribution >= 4 is 11.6 Å². The van der Waals surface area contributed by atoms with Crippen LogP contribution in [-0.2, 0) is 6.61 Å². The molecule has 0 saturated carbocycles. The van der Waals surface area contributed by atoms with Crippen molar-refractivity contribution in [1.29, 1.82) is 0 Å². The second-order valence-corrected chi connectivity index (χ2v) is 4.83. The fourth-order valence-electron chi connectivity index (χ4n) is 1.79. The van der Waals surface area contributed by atoms with Gasteiger partial charge in [0.25, 0.3) is 0 Å². The number of hydrogen-bond acceptors (Lipinski definition) is 2. The van der Waals surface area contributed by atoms with Gasteiger partial charge in [0, 0.05) is 16.6 Å². The van der Waals surface area contributed by atoms with Gasteiger partial charge in [-0.25, -0.2) is 4.39 Å². The lowest BCUT2D eigenvalue weighted by molar-refractivity contribution is 0.301. The summed E-state index contributed by atoms with van der Waals surface area (Å²) < 4.78 is 18.7. The van der Waals surface area contributed by atoms with E-state index in [0.29, 0.717) is 17.4 Å². The van der Waals surface area contributed by atoms with Gasteiger partial charge < -0.3 is 10.5 Å². The molecular formula is C15H15ClFNO. The highest BCUT2D eigenvalue weighted by molar-refractivity contribution is 6.30. The van der Waals surface area contributed by atoms with E-state index in [0.717, 1.165) is 11.1 Å². The summed E-state index contributed by atoms with van der Waals surface area (Å²) in [6, 6.07) is 11.4. The molecule has 0 spiro atoms. The molecule has 0 radical (unpaired) electrons. The molecule has 1 atom stereocenters. The molecule has 0 aliphatic carbocycles. The summed E-state index contributed by atoms with van der Waals surface area (Å²) in [5.74, 6) is 0.397. The molecule has 2 rings (SSSR count). The minimum atomic E-state index is -0.273. The number of ether oxygens (including phenoxy) is 1. The molecule has 2 nitrogen and oxygen atoms in total. The average molecular weight is 280 g/mol. The molecular weight excluding hydrogens is 265 g/mol. The molecule has 0 amide bonds. The SMILES string of the molecule is CC(N)c1cc(Cl)ccc1OCc1cccc(F)c1. The second-order valence-electron chi connectivity index (χ2n) is 4.39. The van der Waals surface area contributed by atoms with E-state index in [1.54, 1.807) is 24.3 Å². The fourth-order valence-corrected chi connectivity index (χ4v) is 1.97. The van der Waals surface area contributed by atoms with E-state index in [1.807, 2.05) is 13.0 Å². The predicted molar refractivity (Wildman–Crippen MR) is 74.8 cm³/mol. The van der Waals surface area contributed by atoms with E-state index in [-0.39, 0.29) is 11.9 Å². The number of rotatable bonds is 4. The third-order valence-corrected chi connectivity index (χ3v) is 2.98. The molecule has 2 aromatic carbocycles. The molecule has 0 heterocycles. The third-order valence-electron chi connectivity index (χ3n) is 2.75. The van der Waals surface area contributed by atoms with Crippen molar-refractivity contribution < 1.29 is 9.13 Å². The van der Waals surface area contributed by atoms with Crippen LogP contribution in [0.5, 0.6) is 5.75 Å². The molecule has 2 N–H and O–H groups in total. The molecule has 0 aliphatic heterocycles. The molecule has 0 fully saturated rings. The van der Waals surface area contributed by atoms with Gasteiger partial charge in [-0.1, -0.05) is 23.7 Å². The van der Waals surface area contributed by atoms with Crippen LogP contribution in [0.1, 0.15) is 24.1 Å². The summed E-state index contributed by atoms with van der Waals surface area (Å²) in [6.07, 6.45) is 0. The summed E-state index contributed by atoms with van der Waals surface area (Å²) >= 11 is 5.94. The Morgan fingerprint density at radius 2 is 2.05 bits per heavy atom. The lowest BCUT2D eigenvalue weighted by atomic mass is 10.1. The first kappa shape index (κ1) is 13.8. The molecule has 2 aromatic rings. The summed E-state index contributed by atoms with van der Waals surface area (Å²) in [5, 5.41) is 0.616. The summed E-state index contributed by atoms with van der Waals surface area (Å²) in [7, 11) is 0. The lowest BCUT2D eigenvalue weighted by Crippen LogP contribution is -2.08. The number of halogens is 2. The monoisotopic (exact) mass is 279 g/mol. The van der Waals surface area contributed by atoms with Gasteiger partial charge in [-0.2, -0.15) is 0 Å². The zero-order valence-corrected chi connectivity index (χ0v) is 11.3. The first-order valence-corrected chi connectivity index (χ1v) is 6.36.